The molecule has 0 saturated heterocycles. The van der Waals surface area contributed by atoms with Crippen molar-refractivity contribution in [1.82, 2.24) is 14.5 Å². The Labute approximate surface area is 177 Å². The Morgan fingerprint density at radius 2 is 2.07 bits per heavy atom. The molecule has 2 aromatic heterocycles. The van der Waals surface area contributed by atoms with Crippen LogP contribution in [0.3, 0.4) is 0 Å². The summed E-state index contributed by atoms with van der Waals surface area (Å²) in [6.07, 6.45) is 7.66. The predicted octanol–water partition coefficient (Wildman–Crippen LogP) is 5.11. The first-order chi connectivity index (χ1) is 14.2. The number of anilines is 1. The van der Waals surface area contributed by atoms with Crippen molar-refractivity contribution in [2.45, 2.75) is 65.0 Å². The van der Waals surface area contributed by atoms with Gasteiger partial charge in [-0.3, -0.25) is 0 Å². The highest BCUT2D eigenvalue weighted by Gasteiger charge is 2.22. The number of benzene rings is 1. The molecule has 0 unspecified atom stereocenters. The van der Waals surface area contributed by atoms with Crippen LogP contribution in [0.4, 0.5) is 5.82 Å². The number of aromatic nitrogens is 3. The van der Waals surface area contributed by atoms with Gasteiger partial charge in [-0.1, -0.05) is 37.1 Å². The van der Waals surface area contributed by atoms with Crippen LogP contribution in [0.25, 0.3) is 11.0 Å². The number of rotatable bonds is 8. The van der Waals surface area contributed by atoms with E-state index in [-0.39, 0.29) is 0 Å². The molecule has 2 N–H and O–H groups in total. The monoisotopic (exact) mass is 412 g/mol. The number of hydrogen-bond acceptors (Lipinski definition) is 4. The lowest BCUT2D eigenvalue weighted by Gasteiger charge is -2.18. The number of nitrogens with two attached hydrogens (primary N) is 1. The molecule has 0 saturated carbocycles. The van der Waals surface area contributed by atoms with Gasteiger partial charge >= 0.3 is 0 Å². The number of aryl methyl sites for hydroxylation is 3. The number of halogens is 1. The van der Waals surface area contributed by atoms with Crippen LogP contribution in [-0.2, 0) is 37.2 Å². The highest BCUT2D eigenvalue weighted by molar-refractivity contribution is 6.30. The van der Waals surface area contributed by atoms with Crippen LogP contribution in [0.1, 0.15) is 55.3 Å². The molecule has 0 amide bonds. The maximum Gasteiger partial charge on any atom is 0.151 e. The Balaban J connectivity index is 1.59. The second-order valence-corrected chi connectivity index (χ2v) is 8.23. The van der Waals surface area contributed by atoms with E-state index in [1.54, 1.807) is 0 Å². The zero-order valence-electron chi connectivity index (χ0n) is 17.1. The largest absolute Gasteiger partial charge is 0.382 e. The second kappa shape index (κ2) is 9.14. The van der Waals surface area contributed by atoms with Gasteiger partial charge in [0.25, 0.3) is 0 Å². The average Bonchev–Trinajstić information content (AvgIpc) is 3.09. The Kier molecular flexibility index (Phi) is 6.36. The van der Waals surface area contributed by atoms with Gasteiger partial charge in [0, 0.05) is 23.7 Å². The van der Waals surface area contributed by atoms with E-state index in [1.165, 1.54) is 23.9 Å². The highest BCUT2D eigenvalue weighted by Crippen LogP contribution is 2.31. The Hall–Kier alpha value is -2.11. The summed E-state index contributed by atoms with van der Waals surface area (Å²) in [6, 6.07) is 7.82. The molecule has 0 radical (unpaired) electrons. The lowest BCUT2D eigenvalue weighted by molar-refractivity contribution is 0.113. The van der Waals surface area contributed by atoms with Gasteiger partial charge in [0.05, 0.1) is 18.7 Å². The molecule has 154 valence electrons. The third kappa shape index (κ3) is 4.41. The topological polar surface area (TPSA) is 66.0 Å². The Bertz CT molecular complexity index is 998. The van der Waals surface area contributed by atoms with Gasteiger partial charge in [-0.25, -0.2) is 9.97 Å². The number of hydrogen-bond donors (Lipinski definition) is 1. The van der Waals surface area contributed by atoms with Crippen LogP contribution in [0.15, 0.2) is 24.3 Å². The standard InChI is InChI=1S/C23H29ClN4O/c1-2-3-11-20-27-21-22(18-9-4-5-10-19(18)26-23(21)25)28(20)12-13-29-15-16-7-6-8-17(24)14-16/h6-8,14H,2-5,9-13,15H2,1H3,(H2,25,26). The minimum Gasteiger partial charge on any atom is -0.382 e. The number of nitrogens with zero attached hydrogens (tertiary/aromatic N) is 3. The van der Waals surface area contributed by atoms with Crippen LogP contribution in [0.5, 0.6) is 0 Å². The third-order valence-electron chi connectivity index (χ3n) is 5.64. The number of imidazole rings is 1. The van der Waals surface area contributed by atoms with Gasteiger partial charge < -0.3 is 15.0 Å². The lowest BCUT2D eigenvalue weighted by atomic mass is 9.95. The number of fused-ring (bicyclic) bond motifs is 3. The second-order valence-electron chi connectivity index (χ2n) is 7.79. The van der Waals surface area contributed by atoms with Gasteiger partial charge in [-0.2, -0.15) is 0 Å². The summed E-state index contributed by atoms with van der Waals surface area (Å²) in [5, 5.41) is 0.739. The molecule has 0 fully saturated rings. The van der Waals surface area contributed by atoms with Crippen LogP contribution in [0, 0.1) is 0 Å². The Morgan fingerprint density at radius 3 is 2.90 bits per heavy atom. The molecule has 6 heteroatoms. The van der Waals surface area contributed by atoms with Crippen molar-refractivity contribution in [2.24, 2.45) is 0 Å². The fourth-order valence-corrected chi connectivity index (χ4v) is 4.40. The number of unbranched alkanes of at least 4 members (excludes halogenated alkanes) is 1. The van der Waals surface area contributed by atoms with Crippen molar-refractivity contribution >= 4 is 28.5 Å². The molecule has 3 aromatic rings. The molecular weight excluding hydrogens is 384 g/mol. The van der Waals surface area contributed by atoms with E-state index in [1.807, 2.05) is 24.3 Å². The highest BCUT2D eigenvalue weighted by atomic mass is 35.5. The first kappa shape index (κ1) is 20.2. The normalized spacial score (nSPS) is 13.7. The van der Waals surface area contributed by atoms with Gasteiger partial charge in [-0.05, 0) is 55.4 Å². The van der Waals surface area contributed by atoms with Gasteiger partial charge in [0.2, 0.25) is 0 Å². The van der Waals surface area contributed by atoms with Crippen LogP contribution >= 0.6 is 11.6 Å². The van der Waals surface area contributed by atoms with E-state index in [0.29, 0.717) is 19.0 Å². The Morgan fingerprint density at radius 1 is 1.21 bits per heavy atom. The van der Waals surface area contributed by atoms with Crippen LogP contribution in [0.2, 0.25) is 5.02 Å². The van der Waals surface area contributed by atoms with E-state index in [2.05, 4.69) is 16.5 Å². The fraction of sp³-hybridized carbons (Fsp3) is 0.478. The average molecular weight is 413 g/mol. The number of ether oxygens (including phenoxy) is 1. The summed E-state index contributed by atoms with van der Waals surface area (Å²) in [5.74, 6) is 1.66. The summed E-state index contributed by atoms with van der Waals surface area (Å²) in [7, 11) is 0. The number of nitrogen functional groups attached to an aromatic ring is 1. The molecule has 5 nitrogen and oxygen atoms in total. The van der Waals surface area contributed by atoms with Crippen molar-refractivity contribution in [2.75, 3.05) is 12.3 Å². The molecule has 1 aliphatic carbocycles. The lowest BCUT2D eigenvalue weighted by Crippen LogP contribution is -2.13. The summed E-state index contributed by atoms with van der Waals surface area (Å²) in [5.41, 5.74) is 11.9. The maximum atomic E-state index is 6.31. The van der Waals surface area contributed by atoms with Crippen LogP contribution in [-0.4, -0.2) is 21.1 Å². The van der Waals surface area contributed by atoms with Crippen molar-refractivity contribution in [3.8, 4) is 0 Å². The third-order valence-corrected chi connectivity index (χ3v) is 5.88. The molecule has 29 heavy (non-hydrogen) atoms. The van der Waals surface area contributed by atoms with Crippen molar-refractivity contribution in [1.29, 1.82) is 0 Å². The van der Waals surface area contributed by atoms with E-state index < -0.39 is 0 Å². The molecule has 0 atom stereocenters. The van der Waals surface area contributed by atoms with Gasteiger partial charge in [0.1, 0.15) is 11.3 Å². The van der Waals surface area contributed by atoms with E-state index in [4.69, 9.17) is 27.1 Å². The number of pyridine rings is 1. The summed E-state index contributed by atoms with van der Waals surface area (Å²) in [6.45, 7) is 4.15. The van der Waals surface area contributed by atoms with E-state index >= 15 is 0 Å². The molecule has 0 bridgehead atoms. The minimum atomic E-state index is 0.555. The molecule has 1 aliphatic rings. The van der Waals surface area contributed by atoms with Crippen molar-refractivity contribution in [3.63, 3.8) is 0 Å². The predicted molar refractivity (Wildman–Crippen MR) is 118 cm³/mol. The molecular formula is C23H29ClN4O. The molecule has 0 aliphatic heterocycles. The van der Waals surface area contributed by atoms with Crippen molar-refractivity contribution < 1.29 is 4.74 Å². The quantitative estimate of drug-likeness (QED) is 0.522. The van der Waals surface area contributed by atoms with E-state index in [0.717, 1.165) is 66.3 Å². The molecule has 0 spiro atoms. The fourth-order valence-electron chi connectivity index (χ4n) is 4.19. The summed E-state index contributed by atoms with van der Waals surface area (Å²) < 4.78 is 8.32. The summed E-state index contributed by atoms with van der Waals surface area (Å²) in [4.78, 5) is 9.59. The SMILES string of the molecule is CCCCc1nc2c(N)nc3c(c2n1CCOCc1cccc(Cl)c1)CCCC3. The van der Waals surface area contributed by atoms with Gasteiger partial charge in [0.15, 0.2) is 5.82 Å². The zero-order chi connectivity index (χ0) is 20.2. The first-order valence-corrected chi connectivity index (χ1v) is 11.0. The van der Waals surface area contributed by atoms with Gasteiger partial charge in [-0.15, -0.1) is 0 Å². The van der Waals surface area contributed by atoms with Crippen LogP contribution < -0.4 is 5.73 Å². The molecule has 4 rings (SSSR count). The maximum absolute atomic E-state index is 6.31. The smallest absolute Gasteiger partial charge is 0.151 e. The summed E-state index contributed by atoms with van der Waals surface area (Å²) >= 11 is 6.07. The molecule has 1 aromatic carbocycles. The van der Waals surface area contributed by atoms with E-state index in [9.17, 15) is 0 Å². The molecule has 2 heterocycles. The van der Waals surface area contributed by atoms with Crippen molar-refractivity contribution in [3.05, 3.63) is 51.9 Å². The first-order valence-electron chi connectivity index (χ1n) is 10.7. The zero-order valence-corrected chi connectivity index (χ0v) is 17.8. The minimum absolute atomic E-state index is 0.555.